The van der Waals surface area contributed by atoms with Crippen molar-refractivity contribution in [3.05, 3.63) is 63.7 Å². The fourth-order valence-corrected chi connectivity index (χ4v) is 3.28. The Balaban J connectivity index is 1.73. The Morgan fingerprint density at radius 2 is 1.84 bits per heavy atom. The maximum Gasteiger partial charge on any atom is 0.260 e. The van der Waals surface area contributed by atoms with E-state index in [0.29, 0.717) is 46.4 Å². The molecule has 0 saturated carbocycles. The highest BCUT2D eigenvalue weighted by Gasteiger charge is 2.17. The number of aromatic nitrogens is 2. The highest BCUT2D eigenvalue weighted by atomic mass is 35.5. The highest BCUT2D eigenvalue weighted by Crippen LogP contribution is 2.26. The van der Waals surface area contributed by atoms with Gasteiger partial charge < -0.3 is 19.4 Å². The molecule has 0 fully saturated rings. The van der Waals surface area contributed by atoms with Crippen molar-refractivity contribution in [2.24, 2.45) is 0 Å². The first-order valence-electron chi connectivity index (χ1n) is 10.3. The number of carbonyl (C=O) groups excluding carboxylic acids is 1. The number of ether oxygens (including phenoxy) is 2. The second-order valence-corrected chi connectivity index (χ2v) is 7.51. The van der Waals surface area contributed by atoms with Crippen LogP contribution in [-0.4, -0.2) is 40.5 Å². The van der Waals surface area contributed by atoms with Gasteiger partial charge in [-0.3, -0.25) is 9.59 Å². The number of halogens is 1. The third-order valence-corrected chi connectivity index (χ3v) is 4.80. The van der Waals surface area contributed by atoms with E-state index in [4.69, 9.17) is 21.1 Å². The molecular weight excluding hydrogens is 418 g/mol. The van der Waals surface area contributed by atoms with Crippen LogP contribution in [0, 0.1) is 0 Å². The van der Waals surface area contributed by atoms with E-state index in [1.165, 1.54) is 0 Å². The lowest BCUT2D eigenvalue weighted by Crippen LogP contribution is -2.36. The van der Waals surface area contributed by atoms with Crippen LogP contribution in [0.1, 0.15) is 32.5 Å². The summed E-state index contributed by atoms with van der Waals surface area (Å²) in [6.07, 6.45) is 1.63. The summed E-state index contributed by atoms with van der Waals surface area (Å²) < 4.78 is 11.4. The first kappa shape index (κ1) is 22.6. The minimum Gasteiger partial charge on any atom is -0.490 e. The normalized spacial score (nSPS) is 10.8. The van der Waals surface area contributed by atoms with Crippen LogP contribution < -0.4 is 15.0 Å². The Morgan fingerprint density at radius 1 is 1.10 bits per heavy atom. The fraction of sp³-hybridized carbons (Fsp3) is 0.348. The minimum absolute atomic E-state index is 0.143. The van der Waals surface area contributed by atoms with Crippen molar-refractivity contribution in [3.8, 4) is 11.5 Å². The maximum atomic E-state index is 12.9. The summed E-state index contributed by atoms with van der Waals surface area (Å²) in [5, 5.41) is 0.948. The molecule has 0 spiro atoms. The number of aromatic amines is 1. The Hall–Kier alpha value is -3.06. The number of hydrogen-bond acceptors (Lipinski definition) is 5. The minimum atomic E-state index is -0.265. The van der Waals surface area contributed by atoms with E-state index in [2.05, 4.69) is 9.97 Å². The zero-order valence-corrected chi connectivity index (χ0v) is 18.4. The fourth-order valence-electron chi connectivity index (χ4n) is 3.11. The van der Waals surface area contributed by atoms with E-state index >= 15 is 0 Å². The van der Waals surface area contributed by atoms with Crippen molar-refractivity contribution in [1.82, 2.24) is 14.9 Å². The number of nitrogens with zero attached hydrogens (tertiary/aromatic N) is 2. The van der Waals surface area contributed by atoms with E-state index in [0.717, 1.165) is 12.8 Å². The van der Waals surface area contributed by atoms with Crippen LogP contribution in [0.5, 0.6) is 11.5 Å². The number of rotatable bonds is 10. The van der Waals surface area contributed by atoms with Gasteiger partial charge in [0.05, 0.1) is 24.1 Å². The Bertz CT molecular complexity index is 1100. The summed E-state index contributed by atoms with van der Waals surface area (Å²) in [6, 6.07) is 12.2. The number of H-pyrrole nitrogens is 1. The van der Waals surface area contributed by atoms with Crippen LogP contribution in [0.4, 0.5) is 0 Å². The summed E-state index contributed by atoms with van der Waals surface area (Å²) >= 11 is 6.03. The maximum absolute atomic E-state index is 12.9. The van der Waals surface area contributed by atoms with Crippen LogP contribution in [-0.2, 0) is 11.3 Å². The van der Waals surface area contributed by atoms with Gasteiger partial charge in [0.15, 0.2) is 18.1 Å². The quantitative estimate of drug-likeness (QED) is 0.508. The van der Waals surface area contributed by atoms with Crippen molar-refractivity contribution in [2.45, 2.75) is 33.2 Å². The summed E-state index contributed by atoms with van der Waals surface area (Å²) in [6.45, 7) is 5.10. The second-order valence-electron chi connectivity index (χ2n) is 7.07. The van der Waals surface area contributed by atoms with Crippen molar-refractivity contribution < 1.29 is 14.3 Å². The topological polar surface area (TPSA) is 84.5 Å². The number of amides is 1. The SMILES string of the molecule is CCCOc1ccccc1OCC(=O)N(CCC)Cc1nc2cc(Cl)ccc2c(=O)[nH]1. The molecule has 2 aromatic carbocycles. The molecule has 31 heavy (non-hydrogen) atoms. The lowest BCUT2D eigenvalue weighted by molar-refractivity contribution is -0.134. The van der Waals surface area contributed by atoms with E-state index in [-0.39, 0.29) is 24.6 Å². The van der Waals surface area contributed by atoms with Gasteiger partial charge in [0.2, 0.25) is 0 Å². The predicted octanol–water partition coefficient (Wildman–Crippen LogP) is 4.18. The Kier molecular flexibility index (Phi) is 7.89. The standard InChI is InChI=1S/C23H26ClN3O4/c1-3-11-27(14-21-25-18-13-16(24)9-10-17(18)23(29)26-21)22(28)15-31-20-8-6-5-7-19(20)30-12-4-2/h5-10,13H,3-4,11-12,14-15H2,1-2H3,(H,25,26,29). The first-order valence-corrected chi connectivity index (χ1v) is 10.7. The average molecular weight is 444 g/mol. The van der Waals surface area contributed by atoms with E-state index in [9.17, 15) is 9.59 Å². The molecule has 0 aliphatic rings. The predicted molar refractivity (Wildman–Crippen MR) is 121 cm³/mol. The molecule has 0 atom stereocenters. The molecule has 0 radical (unpaired) electrons. The van der Waals surface area contributed by atoms with Crippen LogP contribution in [0.25, 0.3) is 10.9 Å². The third-order valence-electron chi connectivity index (χ3n) is 4.57. The van der Waals surface area contributed by atoms with Crippen LogP contribution in [0.2, 0.25) is 5.02 Å². The summed E-state index contributed by atoms with van der Waals surface area (Å²) in [5.41, 5.74) is 0.229. The van der Waals surface area contributed by atoms with Crippen molar-refractivity contribution in [2.75, 3.05) is 19.8 Å². The molecule has 0 bridgehead atoms. The number of carbonyl (C=O) groups is 1. The molecule has 164 valence electrons. The molecule has 3 aromatic rings. The van der Waals surface area contributed by atoms with Gasteiger partial charge >= 0.3 is 0 Å². The number of para-hydroxylation sites is 2. The van der Waals surface area contributed by atoms with Crippen LogP contribution >= 0.6 is 11.6 Å². The molecule has 3 rings (SSSR count). The molecule has 0 aliphatic heterocycles. The lowest BCUT2D eigenvalue weighted by atomic mass is 10.2. The molecule has 0 saturated heterocycles. The largest absolute Gasteiger partial charge is 0.490 e. The first-order chi connectivity index (χ1) is 15.0. The number of nitrogens with one attached hydrogen (secondary N) is 1. The average Bonchev–Trinajstić information content (AvgIpc) is 2.76. The van der Waals surface area contributed by atoms with Gasteiger partial charge in [-0.1, -0.05) is 37.6 Å². The van der Waals surface area contributed by atoms with Gasteiger partial charge in [-0.2, -0.15) is 0 Å². The van der Waals surface area contributed by atoms with Crippen molar-refractivity contribution >= 4 is 28.4 Å². The summed E-state index contributed by atoms with van der Waals surface area (Å²) in [7, 11) is 0. The van der Waals surface area contributed by atoms with E-state index in [1.54, 1.807) is 29.2 Å². The molecule has 7 nitrogen and oxygen atoms in total. The molecule has 0 aliphatic carbocycles. The Morgan fingerprint density at radius 3 is 2.55 bits per heavy atom. The smallest absolute Gasteiger partial charge is 0.260 e. The molecule has 1 heterocycles. The number of benzene rings is 2. The van der Waals surface area contributed by atoms with Crippen LogP contribution in [0.15, 0.2) is 47.3 Å². The van der Waals surface area contributed by atoms with Gasteiger partial charge in [-0.25, -0.2) is 4.98 Å². The van der Waals surface area contributed by atoms with Crippen molar-refractivity contribution in [1.29, 1.82) is 0 Å². The molecule has 1 amide bonds. The second kappa shape index (κ2) is 10.8. The van der Waals surface area contributed by atoms with Gasteiger partial charge in [0.25, 0.3) is 11.5 Å². The zero-order chi connectivity index (χ0) is 22.2. The molecule has 8 heteroatoms. The van der Waals surface area contributed by atoms with E-state index in [1.807, 2.05) is 32.0 Å². The van der Waals surface area contributed by atoms with Gasteiger partial charge in [0.1, 0.15) is 5.82 Å². The van der Waals surface area contributed by atoms with Crippen molar-refractivity contribution in [3.63, 3.8) is 0 Å². The van der Waals surface area contributed by atoms with Crippen LogP contribution in [0.3, 0.4) is 0 Å². The lowest BCUT2D eigenvalue weighted by Gasteiger charge is -2.22. The third kappa shape index (κ3) is 5.98. The zero-order valence-electron chi connectivity index (χ0n) is 17.7. The molecule has 1 N–H and O–H groups in total. The summed E-state index contributed by atoms with van der Waals surface area (Å²) in [5.74, 6) is 1.32. The van der Waals surface area contributed by atoms with Gasteiger partial charge in [0, 0.05) is 11.6 Å². The molecule has 0 unspecified atom stereocenters. The van der Waals surface area contributed by atoms with Gasteiger partial charge in [-0.05, 0) is 43.2 Å². The summed E-state index contributed by atoms with van der Waals surface area (Å²) in [4.78, 5) is 34.1. The number of fused-ring (bicyclic) bond motifs is 1. The van der Waals surface area contributed by atoms with Gasteiger partial charge in [-0.15, -0.1) is 0 Å². The molecule has 1 aromatic heterocycles. The molecular formula is C23H26ClN3O4. The van der Waals surface area contributed by atoms with E-state index < -0.39 is 0 Å². The highest BCUT2D eigenvalue weighted by molar-refractivity contribution is 6.31. The number of hydrogen-bond donors (Lipinski definition) is 1. The monoisotopic (exact) mass is 443 g/mol. The Labute approximate surface area is 186 Å².